The number of thiophene rings is 1. The molecule has 3 rings (SSSR count). The van der Waals surface area contributed by atoms with E-state index >= 15 is 0 Å². The van der Waals surface area contributed by atoms with Crippen molar-refractivity contribution in [1.82, 2.24) is 0 Å². The normalized spacial score (nSPS) is 12.6. The zero-order valence-electron chi connectivity index (χ0n) is 10.8. The van der Waals surface area contributed by atoms with E-state index in [-0.39, 0.29) is 4.83 Å². The maximum atomic E-state index is 5.26. The van der Waals surface area contributed by atoms with Crippen LogP contribution in [0.4, 0.5) is 0 Å². The number of hydrogen-bond acceptors (Lipinski definition) is 2. The minimum absolute atomic E-state index is 0.227. The van der Waals surface area contributed by atoms with Crippen molar-refractivity contribution in [2.75, 3.05) is 7.11 Å². The van der Waals surface area contributed by atoms with Gasteiger partial charge in [0.05, 0.1) is 15.7 Å². The average molecular weight is 412 g/mol. The first-order valence-electron chi connectivity index (χ1n) is 6.14. The van der Waals surface area contributed by atoms with Gasteiger partial charge >= 0.3 is 0 Å². The molecule has 0 radical (unpaired) electrons. The molecule has 0 saturated carbocycles. The molecule has 1 aromatic heterocycles. The maximum Gasteiger partial charge on any atom is 0.119 e. The fourth-order valence-electron chi connectivity index (χ4n) is 2.16. The van der Waals surface area contributed by atoms with Crippen molar-refractivity contribution in [3.05, 3.63) is 62.8 Å². The Bertz CT molecular complexity index is 751. The predicted octanol–water partition coefficient (Wildman–Crippen LogP) is 6.16. The van der Waals surface area contributed by atoms with Crippen molar-refractivity contribution >= 4 is 54.0 Å². The highest BCUT2D eigenvalue weighted by Gasteiger charge is 2.13. The lowest BCUT2D eigenvalue weighted by Crippen LogP contribution is -1.90. The molecule has 1 heterocycles. The zero-order chi connectivity index (χ0) is 14.1. The van der Waals surface area contributed by atoms with Crippen molar-refractivity contribution < 1.29 is 4.74 Å². The van der Waals surface area contributed by atoms with E-state index in [9.17, 15) is 0 Å². The Kier molecular flexibility index (Phi) is 4.15. The van der Waals surface area contributed by atoms with E-state index in [1.807, 2.05) is 6.07 Å². The molecule has 2 aromatic carbocycles. The summed E-state index contributed by atoms with van der Waals surface area (Å²) >= 11 is 9.05. The highest BCUT2D eigenvalue weighted by atomic mass is 79.9. The Morgan fingerprint density at radius 1 is 1.00 bits per heavy atom. The van der Waals surface area contributed by atoms with Gasteiger partial charge in [-0.25, -0.2) is 0 Å². The molecule has 102 valence electrons. The number of benzene rings is 2. The zero-order valence-corrected chi connectivity index (χ0v) is 14.8. The third kappa shape index (κ3) is 2.78. The van der Waals surface area contributed by atoms with E-state index in [4.69, 9.17) is 4.74 Å². The minimum atomic E-state index is 0.227. The van der Waals surface area contributed by atoms with Crippen molar-refractivity contribution in [2.45, 2.75) is 4.83 Å². The van der Waals surface area contributed by atoms with E-state index in [2.05, 4.69) is 74.3 Å². The molecule has 0 bridgehead atoms. The average Bonchev–Trinajstić information content (AvgIpc) is 2.92. The van der Waals surface area contributed by atoms with Gasteiger partial charge in [-0.2, -0.15) is 0 Å². The molecule has 0 fully saturated rings. The molecule has 1 unspecified atom stereocenters. The molecule has 1 nitrogen and oxygen atoms in total. The molecular formula is C16H12Br2OS. The van der Waals surface area contributed by atoms with Crippen LogP contribution in [-0.4, -0.2) is 7.11 Å². The molecule has 1 atom stereocenters. The van der Waals surface area contributed by atoms with Crippen LogP contribution < -0.4 is 4.74 Å². The molecule has 0 N–H and O–H groups in total. The van der Waals surface area contributed by atoms with Crippen molar-refractivity contribution in [1.29, 1.82) is 0 Å². The number of fused-ring (bicyclic) bond motifs is 1. The van der Waals surface area contributed by atoms with Crippen LogP contribution in [0.2, 0.25) is 0 Å². The fraction of sp³-hybridized carbons (Fsp3) is 0.125. The summed E-state index contributed by atoms with van der Waals surface area (Å²) < 4.78 is 6.41. The van der Waals surface area contributed by atoms with Crippen molar-refractivity contribution in [3.8, 4) is 5.75 Å². The van der Waals surface area contributed by atoms with E-state index in [1.54, 1.807) is 18.4 Å². The van der Waals surface area contributed by atoms with E-state index in [0.29, 0.717) is 0 Å². The number of rotatable bonds is 3. The molecule has 3 aromatic rings. The summed E-state index contributed by atoms with van der Waals surface area (Å²) in [5.74, 6) is 0.892. The summed E-state index contributed by atoms with van der Waals surface area (Å²) in [6.07, 6.45) is 0. The molecule has 0 amide bonds. The van der Waals surface area contributed by atoms with E-state index in [1.165, 1.54) is 21.2 Å². The SMILES string of the molecule is COc1ccc2cc(C(Br)c3ccc(Br)s3)ccc2c1. The van der Waals surface area contributed by atoms with Gasteiger partial charge in [0, 0.05) is 4.88 Å². The highest BCUT2D eigenvalue weighted by Crippen LogP contribution is 2.38. The minimum Gasteiger partial charge on any atom is -0.497 e. The van der Waals surface area contributed by atoms with Gasteiger partial charge in [-0.1, -0.05) is 34.1 Å². The Morgan fingerprint density at radius 3 is 2.45 bits per heavy atom. The first-order chi connectivity index (χ1) is 9.67. The summed E-state index contributed by atoms with van der Waals surface area (Å²) in [5, 5.41) is 2.42. The molecule has 4 heteroatoms. The second-order valence-corrected chi connectivity index (χ2v) is 7.89. The fourth-order valence-corrected chi connectivity index (χ4v) is 4.30. The monoisotopic (exact) mass is 410 g/mol. The molecule has 0 aliphatic carbocycles. The van der Waals surface area contributed by atoms with Crippen LogP contribution in [0.5, 0.6) is 5.75 Å². The summed E-state index contributed by atoms with van der Waals surface area (Å²) in [5.41, 5.74) is 1.26. The molecule has 0 aliphatic heterocycles. The van der Waals surface area contributed by atoms with Crippen molar-refractivity contribution in [2.24, 2.45) is 0 Å². The summed E-state index contributed by atoms with van der Waals surface area (Å²) in [6.45, 7) is 0. The number of alkyl halides is 1. The Balaban J connectivity index is 2.00. The van der Waals surface area contributed by atoms with Crippen LogP contribution in [0.15, 0.2) is 52.3 Å². The van der Waals surface area contributed by atoms with Crippen LogP contribution in [0.1, 0.15) is 15.3 Å². The molecule has 0 aliphatic rings. The lowest BCUT2D eigenvalue weighted by atomic mass is 10.0. The van der Waals surface area contributed by atoms with Gasteiger partial charge in [0.15, 0.2) is 0 Å². The number of methoxy groups -OCH3 is 1. The lowest BCUT2D eigenvalue weighted by Gasteiger charge is -2.10. The van der Waals surface area contributed by atoms with Gasteiger partial charge in [0.25, 0.3) is 0 Å². The molecule has 20 heavy (non-hydrogen) atoms. The van der Waals surface area contributed by atoms with Gasteiger partial charge in [0.2, 0.25) is 0 Å². The van der Waals surface area contributed by atoms with Gasteiger partial charge in [-0.3, -0.25) is 0 Å². The van der Waals surface area contributed by atoms with Gasteiger partial charge in [0.1, 0.15) is 5.75 Å². The first kappa shape index (κ1) is 14.1. The smallest absolute Gasteiger partial charge is 0.119 e. The Labute approximate surface area is 138 Å². The van der Waals surface area contributed by atoms with Crippen LogP contribution in [-0.2, 0) is 0 Å². The topological polar surface area (TPSA) is 9.23 Å². The third-order valence-corrected chi connectivity index (χ3v) is 6.22. The first-order valence-corrected chi connectivity index (χ1v) is 8.67. The van der Waals surface area contributed by atoms with Gasteiger partial charge < -0.3 is 4.74 Å². The largest absolute Gasteiger partial charge is 0.497 e. The van der Waals surface area contributed by atoms with Crippen LogP contribution >= 0.6 is 43.2 Å². The van der Waals surface area contributed by atoms with Gasteiger partial charge in [-0.15, -0.1) is 11.3 Å². The molecule has 0 saturated heterocycles. The molecular weight excluding hydrogens is 400 g/mol. The maximum absolute atomic E-state index is 5.26. The quantitative estimate of drug-likeness (QED) is 0.469. The Hall–Kier alpha value is -0.840. The number of ether oxygens (including phenoxy) is 1. The van der Waals surface area contributed by atoms with Crippen LogP contribution in [0, 0.1) is 0 Å². The summed E-state index contributed by atoms with van der Waals surface area (Å²) in [6, 6.07) is 16.9. The molecule has 0 spiro atoms. The van der Waals surface area contributed by atoms with Gasteiger partial charge in [-0.05, 0) is 62.6 Å². The second-order valence-electron chi connectivity index (χ2n) is 4.48. The third-order valence-electron chi connectivity index (χ3n) is 3.21. The predicted molar refractivity (Wildman–Crippen MR) is 93.3 cm³/mol. The Morgan fingerprint density at radius 2 is 1.75 bits per heavy atom. The summed E-state index contributed by atoms with van der Waals surface area (Å²) in [7, 11) is 1.69. The van der Waals surface area contributed by atoms with Crippen molar-refractivity contribution in [3.63, 3.8) is 0 Å². The van der Waals surface area contributed by atoms with Crippen LogP contribution in [0.25, 0.3) is 10.8 Å². The van der Waals surface area contributed by atoms with Crippen LogP contribution in [0.3, 0.4) is 0 Å². The second kappa shape index (κ2) is 5.88. The van der Waals surface area contributed by atoms with E-state index in [0.717, 1.165) is 9.54 Å². The summed E-state index contributed by atoms with van der Waals surface area (Å²) in [4.78, 5) is 1.52. The highest BCUT2D eigenvalue weighted by molar-refractivity contribution is 9.11. The lowest BCUT2D eigenvalue weighted by molar-refractivity contribution is 0.415. The number of halogens is 2. The standard InChI is InChI=1S/C16H12Br2OS/c1-19-13-5-4-10-8-12(3-2-11(10)9-13)16(18)14-6-7-15(17)20-14/h2-9,16H,1H3. The van der Waals surface area contributed by atoms with E-state index < -0.39 is 0 Å². The number of hydrogen-bond donors (Lipinski definition) is 0.